The predicted octanol–water partition coefficient (Wildman–Crippen LogP) is 3.29. The maximum atomic E-state index is 3.72. The third-order valence-corrected chi connectivity index (χ3v) is 3.77. The van der Waals surface area contributed by atoms with Crippen LogP contribution in [-0.4, -0.2) is 25.7 Å². The highest BCUT2D eigenvalue weighted by Crippen LogP contribution is 2.33. The second kappa shape index (κ2) is 6.79. The van der Waals surface area contributed by atoms with Crippen LogP contribution in [-0.2, 0) is 0 Å². The first-order valence-electron chi connectivity index (χ1n) is 7.38. The van der Waals surface area contributed by atoms with Gasteiger partial charge in [-0.1, -0.05) is 25.1 Å². The van der Waals surface area contributed by atoms with Crippen molar-refractivity contribution in [1.82, 2.24) is 5.32 Å². The van der Waals surface area contributed by atoms with Gasteiger partial charge in [0.05, 0.1) is 0 Å². The van der Waals surface area contributed by atoms with E-state index in [-0.39, 0.29) is 0 Å². The quantitative estimate of drug-likeness (QED) is 0.757. The van der Waals surface area contributed by atoms with Crippen LogP contribution in [0.5, 0.6) is 0 Å². The molecule has 0 aliphatic heterocycles. The van der Waals surface area contributed by atoms with Crippen LogP contribution in [0.4, 0.5) is 5.69 Å². The summed E-state index contributed by atoms with van der Waals surface area (Å²) < 4.78 is 0. The first-order valence-corrected chi connectivity index (χ1v) is 7.38. The summed E-state index contributed by atoms with van der Waals surface area (Å²) in [6.45, 7) is 7.86. The molecule has 2 nitrogen and oxygen atoms in total. The Labute approximate surface area is 111 Å². The molecule has 2 rings (SSSR count). The topological polar surface area (TPSA) is 15.3 Å². The summed E-state index contributed by atoms with van der Waals surface area (Å²) in [6, 6.07) is 11.4. The van der Waals surface area contributed by atoms with Crippen LogP contribution in [0.25, 0.3) is 0 Å². The Morgan fingerprint density at radius 2 is 1.94 bits per heavy atom. The molecule has 0 amide bonds. The van der Waals surface area contributed by atoms with Gasteiger partial charge in [0.15, 0.2) is 0 Å². The molecule has 0 heterocycles. The number of anilines is 1. The number of para-hydroxylation sites is 1. The lowest BCUT2D eigenvalue weighted by molar-refractivity contribution is 0.458. The van der Waals surface area contributed by atoms with Gasteiger partial charge >= 0.3 is 0 Å². The molecular formula is C16H26N2. The second-order valence-corrected chi connectivity index (χ2v) is 5.27. The molecule has 1 saturated carbocycles. The van der Waals surface area contributed by atoms with E-state index < -0.39 is 0 Å². The Hall–Kier alpha value is -1.02. The maximum Gasteiger partial charge on any atom is 0.0366 e. The molecule has 1 aromatic carbocycles. The van der Waals surface area contributed by atoms with Crippen molar-refractivity contribution in [3.63, 3.8) is 0 Å². The minimum Gasteiger partial charge on any atom is -0.370 e. The number of likely N-dealkylation sites (N-methyl/N-ethyl adjacent to an activating group) is 1. The smallest absolute Gasteiger partial charge is 0.0366 e. The van der Waals surface area contributed by atoms with Crippen molar-refractivity contribution < 1.29 is 0 Å². The average Bonchev–Trinajstić information content (AvgIpc) is 3.25. The number of hydrogen-bond donors (Lipinski definition) is 1. The van der Waals surface area contributed by atoms with Gasteiger partial charge in [0.2, 0.25) is 0 Å². The number of hydrogen-bond acceptors (Lipinski definition) is 2. The molecule has 0 aromatic heterocycles. The van der Waals surface area contributed by atoms with E-state index in [0.717, 1.165) is 25.6 Å². The summed E-state index contributed by atoms with van der Waals surface area (Å²) in [7, 11) is 0. The number of nitrogens with zero attached hydrogens (tertiary/aromatic N) is 1. The van der Waals surface area contributed by atoms with E-state index in [1.807, 2.05) is 0 Å². The maximum absolute atomic E-state index is 3.72. The highest BCUT2D eigenvalue weighted by molar-refractivity contribution is 5.46. The molecule has 1 atom stereocenters. The van der Waals surface area contributed by atoms with Crippen molar-refractivity contribution in [2.45, 2.75) is 39.2 Å². The molecule has 1 N–H and O–H groups in total. The highest BCUT2D eigenvalue weighted by atomic mass is 15.2. The van der Waals surface area contributed by atoms with Crippen molar-refractivity contribution in [2.75, 3.05) is 24.5 Å². The molecule has 18 heavy (non-hydrogen) atoms. The second-order valence-electron chi connectivity index (χ2n) is 5.27. The Morgan fingerprint density at radius 1 is 1.22 bits per heavy atom. The monoisotopic (exact) mass is 246 g/mol. The van der Waals surface area contributed by atoms with Gasteiger partial charge in [0, 0.05) is 24.8 Å². The van der Waals surface area contributed by atoms with E-state index in [2.05, 4.69) is 54.4 Å². The fraction of sp³-hybridized carbons (Fsp3) is 0.625. The van der Waals surface area contributed by atoms with Gasteiger partial charge in [-0.3, -0.25) is 0 Å². The molecule has 1 aliphatic rings. The minimum absolute atomic E-state index is 0.671. The van der Waals surface area contributed by atoms with Crippen molar-refractivity contribution in [2.24, 2.45) is 5.92 Å². The summed E-state index contributed by atoms with van der Waals surface area (Å²) in [5, 5.41) is 3.72. The van der Waals surface area contributed by atoms with Crippen molar-refractivity contribution in [3.8, 4) is 0 Å². The van der Waals surface area contributed by atoms with Crippen LogP contribution in [0, 0.1) is 5.92 Å². The molecule has 0 spiro atoms. The summed E-state index contributed by atoms with van der Waals surface area (Å²) >= 11 is 0. The lowest BCUT2D eigenvalue weighted by atomic mass is 10.1. The van der Waals surface area contributed by atoms with Crippen molar-refractivity contribution in [3.05, 3.63) is 30.3 Å². The molecule has 0 bridgehead atoms. The lowest BCUT2D eigenvalue weighted by Gasteiger charge is -2.29. The predicted molar refractivity (Wildman–Crippen MR) is 79.1 cm³/mol. The Morgan fingerprint density at radius 3 is 2.50 bits per heavy atom. The van der Waals surface area contributed by atoms with E-state index in [0.29, 0.717) is 6.04 Å². The molecule has 100 valence electrons. The standard InChI is InChI=1S/C16H26N2/c1-3-12-17-16(14-10-11-14)13-18(4-2)15-8-6-5-7-9-15/h5-9,14,16-17H,3-4,10-13H2,1-2H3. The van der Waals surface area contributed by atoms with E-state index >= 15 is 0 Å². The van der Waals surface area contributed by atoms with Crippen molar-refractivity contribution in [1.29, 1.82) is 0 Å². The van der Waals surface area contributed by atoms with Crippen LogP contribution in [0.2, 0.25) is 0 Å². The summed E-state index contributed by atoms with van der Waals surface area (Å²) in [5.74, 6) is 0.911. The molecule has 1 fully saturated rings. The van der Waals surface area contributed by atoms with Crippen molar-refractivity contribution >= 4 is 5.69 Å². The van der Waals surface area contributed by atoms with E-state index in [1.165, 1.54) is 24.9 Å². The molecule has 1 aromatic rings. The van der Waals surface area contributed by atoms with Gasteiger partial charge in [0.25, 0.3) is 0 Å². The van der Waals surface area contributed by atoms with Gasteiger partial charge in [-0.2, -0.15) is 0 Å². The SMILES string of the molecule is CCCNC(CN(CC)c1ccccc1)C1CC1. The first-order chi connectivity index (χ1) is 8.85. The Bertz CT molecular complexity index is 332. The third kappa shape index (κ3) is 3.74. The van der Waals surface area contributed by atoms with Crippen LogP contribution >= 0.6 is 0 Å². The van der Waals surface area contributed by atoms with Crippen LogP contribution in [0.3, 0.4) is 0 Å². The summed E-state index contributed by atoms with van der Waals surface area (Å²) in [5.41, 5.74) is 1.35. The minimum atomic E-state index is 0.671. The molecule has 1 unspecified atom stereocenters. The largest absolute Gasteiger partial charge is 0.370 e. The van der Waals surface area contributed by atoms with Crippen LogP contribution in [0.1, 0.15) is 33.1 Å². The summed E-state index contributed by atoms with van der Waals surface area (Å²) in [4.78, 5) is 2.49. The van der Waals surface area contributed by atoms with Crippen LogP contribution < -0.4 is 10.2 Å². The van der Waals surface area contributed by atoms with Gasteiger partial charge in [-0.25, -0.2) is 0 Å². The van der Waals surface area contributed by atoms with Gasteiger partial charge in [0.1, 0.15) is 0 Å². The zero-order valence-electron chi connectivity index (χ0n) is 11.7. The lowest BCUT2D eigenvalue weighted by Crippen LogP contribution is -2.43. The number of rotatable bonds is 8. The fourth-order valence-electron chi connectivity index (χ4n) is 2.50. The third-order valence-electron chi connectivity index (χ3n) is 3.77. The molecule has 2 heteroatoms. The average molecular weight is 246 g/mol. The Balaban J connectivity index is 1.95. The molecule has 0 saturated heterocycles. The molecular weight excluding hydrogens is 220 g/mol. The zero-order valence-corrected chi connectivity index (χ0v) is 11.7. The molecule has 0 radical (unpaired) electrons. The van der Waals surface area contributed by atoms with Gasteiger partial charge in [-0.15, -0.1) is 0 Å². The van der Waals surface area contributed by atoms with Gasteiger partial charge < -0.3 is 10.2 Å². The summed E-state index contributed by atoms with van der Waals surface area (Å²) in [6.07, 6.45) is 4.04. The highest BCUT2D eigenvalue weighted by Gasteiger charge is 2.31. The first kappa shape index (κ1) is 13.4. The molecule has 1 aliphatic carbocycles. The Kier molecular flexibility index (Phi) is 5.06. The number of nitrogens with one attached hydrogen (secondary N) is 1. The zero-order chi connectivity index (χ0) is 12.8. The van der Waals surface area contributed by atoms with E-state index in [4.69, 9.17) is 0 Å². The van der Waals surface area contributed by atoms with Gasteiger partial charge in [-0.05, 0) is 50.8 Å². The normalized spacial score (nSPS) is 16.6. The van der Waals surface area contributed by atoms with Crippen LogP contribution in [0.15, 0.2) is 30.3 Å². The number of benzene rings is 1. The van der Waals surface area contributed by atoms with E-state index in [9.17, 15) is 0 Å². The fourth-order valence-corrected chi connectivity index (χ4v) is 2.50. The van der Waals surface area contributed by atoms with E-state index in [1.54, 1.807) is 0 Å².